The molecule has 0 N–H and O–H groups in total. The van der Waals surface area contributed by atoms with Crippen LogP contribution in [-0.4, -0.2) is 21.8 Å². The minimum atomic E-state index is -0.261. The summed E-state index contributed by atoms with van der Waals surface area (Å²) < 4.78 is 7.59. The molecule has 0 amide bonds. The van der Waals surface area contributed by atoms with Crippen molar-refractivity contribution in [3.8, 4) is 16.9 Å². The fraction of sp³-hybridized carbons (Fsp3) is 0.200. The Kier molecular flexibility index (Phi) is 5.24. The van der Waals surface area contributed by atoms with Gasteiger partial charge in [-0.2, -0.15) is 0 Å². The first-order valence-corrected chi connectivity index (χ1v) is 8.59. The Balaban J connectivity index is 2.30. The van der Waals surface area contributed by atoms with Crippen molar-refractivity contribution >= 4 is 17.7 Å². The normalized spacial score (nSPS) is 12.0. The van der Waals surface area contributed by atoms with Gasteiger partial charge in [0.15, 0.2) is 0 Å². The Labute approximate surface area is 152 Å². The van der Waals surface area contributed by atoms with E-state index in [1.807, 2.05) is 36.5 Å². The third-order valence-corrected chi connectivity index (χ3v) is 4.57. The van der Waals surface area contributed by atoms with Gasteiger partial charge in [-0.3, -0.25) is 4.79 Å². The van der Waals surface area contributed by atoms with Crippen LogP contribution in [0.25, 0.3) is 11.1 Å². The standard InChI is InChI=1S/C20H20N2O2S/c1-3-17(22-12-11-21-13-22)14-8-6-9-16(20(23)25)19(14)15-7-4-5-10-18(15)24-2/h4-13,17H,3H2,1-2H3,(H,23,25). The second kappa shape index (κ2) is 7.57. The minimum absolute atomic E-state index is 0.0649. The van der Waals surface area contributed by atoms with Gasteiger partial charge in [-0.15, -0.1) is 12.6 Å². The summed E-state index contributed by atoms with van der Waals surface area (Å²) in [6.07, 6.45) is 6.37. The molecule has 4 nitrogen and oxygen atoms in total. The first kappa shape index (κ1) is 17.3. The van der Waals surface area contributed by atoms with E-state index >= 15 is 0 Å². The van der Waals surface area contributed by atoms with Crippen LogP contribution in [0, 0.1) is 0 Å². The first-order valence-electron chi connectivity index (χ1n) is 8.14. The molecule has 128 valence electrons. The fourth-order valence-electron chi connectivity index (χ4n) is 3.22. The molecule has 0 radical (unpaired) electrons. The third-order valence-electron chi connectivity index (χ3n) is 4.33. The van der Waals surface area contributed by atoms with Crippen molar-refractivity contribution < 1.29 is 9.53 Å². The van der Waals surface area contributed by atoms with E-state index in [1.165, 1.54) is 0 Å². The van der Waals surface area contributed by atoms with Crippen LogP contribution in [-0.2, 0) is 0 Å². The number of aromatic nitrogens is 2. The van der Waals surface area contributed by atoms with E-state index in [2.05, 4.69) is 35.2 Å². The maximum absolute atomic E-state index is 12.2. The molecule has 3 aromatic rings. The molecule has 1 heterocycles. The number of carbonyl (C=O) groups is 1. The predicted molar refractivity (Wildman–Crippen MR) is 102 cm³/mol. The molecule has 0 saturated carbocycles. The Morgan fingerprint density at radius 2 is 2.04 bits per heavy atom. The molecule has 1 aromatic heterocycles. The molecule has 0 aliphatic rings. The third kappa shape index (κ3) is 3.33. The summed E-state index contributed by atoms with van der Waals surface area (Å²) in [7, 11) is 1.64. The lowest BCUT2D eigenvalue weighted by atomic mass is 9.89. The summed E-state index contributed by atoms with van der Waals surface area (Å²) in [4.78, 5) is 16.4. The van der Waals surface area contributed by atoms with Crippen molar-refractivity contribution in [2.45, 2.75) is 19.4 Å². The lowest BCUT2D eigenvalue weighted by Gasteiger charge is -2.23. The molecule has 2 aromatic carbocycles. The summed E-state index contributed by atoms with van der Waals surface area (Å²) in [6, 6.07) is 13.6. The molecule has 1 unspecified atom stereocenters. The Bertz CT molecular complexity index is 875. The number of ether oxygens (including phenoxy) is 1. The SMILES string of the molecule is CCC(c1cccc(C(=O)S)c1-c1ccccc1OC)n1ccnc1. The summed E-state index contributed by atoms with van der Waals surface area (Å²) in [5.74, 6) is 0.728. The largest absolute Gasteiger partial charge is 0.496 e. The van der Waals surface area contributed by atoms with Gasteiger partial charge in [-0.05, 0) is 24.1 Å². The van der Waals surface area contributed by atoms with E-state index in [9.17, 15) is 4.79 Å². The summed E-state index contributed by atoms with van der Waals surface area (Å²) in [5.41, 5.74) is 3.37. The van der Waals surface area contributed by atoms with Crippen LogP contribution in [0.15, 0.2) is 61.2 Å². The molecule has 0 bridgehead atoms. The van der Waals surface area contributed by atoms with Gasteiger partial charge in [0, 0.05) is 29.1 Å². The zero-order chi connectivity index (χ0) is 17.8. The van der Waals surface area contributed by atoms with E-state index in [4.69, 9.17) is 4.74 Å². The number of imidazole rings is 1. The van der Waals surface area contributed by atoms with Gasteiger partial charge in [-0.1, -0.05) is 37.3 Å². The average Bonchev–Trinajstić information content (AvgIpc) is 3.16. The summed E-state index contributed by atoms with van der Waals surface area (Å²) >= 11 is 4.09. The number of hydrogen-bond acceptors (Lipinski definition) is 3. The van der Waals surface area contributed by atoms with Gasteiger partial charge in [0.2, 0.25) is 5.12 Å². The lowest BCUT2D eigenvalue weighted by molar-refractivity contribution is 0.109. The van der Waals surface area contributed by atoms with Gasteiger partial charge in [0.05, 0.1) is 19.5 Å². The van der Waals surface area contributed by atoms with Gasteiger partial charge >= 0.3 is 0 Å². The van der Waals surface area contributed by atoms with Gasteiger partial charge < -0.3 is 9.30 Å². The quantitative estimate of drug-likeness (QED) is 0.658. The van der Waals surface area contributed by atoms with Crippen LogP contribution in [0.3, 0.4) is 0 Å². The number of carbonyl (C=O) groups excluding carboxylic acids is 1. The second-order valence-electron chi connectivity index (χ2n) is 5.71. The molecule has 3 rings (SSSR count). The topological polar surface area (TPSA) is 44.1 Å². The van der Waals surface area contributed by atoms with Gasteiger partial charge in [-0.25, -0.2) is 4.98 Å². The van der Waals surface area contributed by atoms with Crippen molar-refractivity contribution in [3.05, 3.63) is 72.3 Å². The lowest BCUT2D eigenvalue weighted by Crippen LogP contribution is -2.11. The number of benzene rings is 2. The fourth-order valence-corrected chi connectivity index (χ4v) is 3.41. The number of methoxy groups -OCH3 is 1. The number of thiol groups is 1. The molecular formula is C20H20N2O2S. The summed E-state index contributed by atoms with van der Waals surface area (Å²) in [5, 5.41) is -0.261. The van der Waals surface area contributed by atoms with Crippen molar-refractivity contribution in [1.29, 1.82) is 0 Å². The average molecular weight is 352 g/mol. The molecule has 5 heteroatoms. The molecule has 0 fully saturated rings. The maximum Gasteiger partial charge on any atom is 0.216 e. The highest BCUT2D eigenvalue weighted by atomic mass is 32.1. The Morgan fingerprint density at radius 1 is 1.24 bits per heavy atom. The minimum Gasteiger partial charge on any atom is -0.496 e. The number of nitrogens with zero attached hydrogens (tertiary/aromatic N) is 2. The number of hydrogen-bond donors (Lipinski definition) is 1. The van der Waals surface area contributed by atoms with Gasteiger partial charge in [0.25, 0.3) is 0 Å². The zero-order valence-corrected chi connectivity index (χ0v) is 15.1. The molecular weight excluding hydrogens is 332 g/mol. The highest BCUT2D eigenvalue weighted by Crippen LogP contribution is 2.39. The smallest absolute Gasteiger partial charge is 0.216 e. The van der Waals surface area contributed by atoms with E-state index in [1.54, 1.807) is 25.7 Å². The predicted octanol–water partition coefficient (Wildman–Crippen LogP) is 4.63. The van der Waals surface area contributed by atoms with Crippen molar-refractivity contribution in [1.82, 2.24) is 9.55 Å². The van der Waals surface area contributed by atoms with Crippen LogP contribution in [0.5, 0.6) is 5.75 Å². The van der Waals surface area contributed by atoms with Crippen LogP contribution in [0.4, 0.5) is 0 Å². The van der Waals surface area contributed by atoms with Crippen molar-refractivity contribution in [3.63, 3.8) is 0 Å². The Morgan fingerprint density at radius 3 is 2.68 bits per heavy atom. The van der Waals surface area contributed by atoms with E-state index in [0.717, 1.165) is 28.9 Å². The number of rotatable bonds is 6. The molecule has 25 heavy (non-hydrogen) atoms. The van der Waals surface area contributed by atoms with E-state index in [-0.39, 0.29) is 11.2 Å². The second-order valence-corrected chi connectivity index (χ2v) is 6.12. The number of para-hydroxylation sites is 1. The molecule has 0 aliphatic heterocycles. The van der Waals surface area contributed by atoms with Crippen molar-refractivity contribution in [2.24, 2.45) is 0 Å². The van der Waals surface area contributed by atoms with Crippen LogP contribution in [0.2, 0.25) is 0 Å². The molecule has 1 atom stereocenters. The maximum atomic E-state index is 12.2. The molecule has 0 saturated heterocycles. The van der Waals surface area contributed by atoms with Crippen LogP contribution in [0.1, 0.15) is 35.3 Å². The Hall–Kier alpha value is -2.53. The monoisotopic (exact) mass is 352 g/mol. The van der Waals surface area contributed by atoms with Crippen LogP contribution >= 0.6 is 12.6 Å². The van der Waals surface area contributed by atoms with E-state index < -0.39 is 0 Å². The first-order chi connectivity index (χ1) is 12.2. The summed E-state index contributed by atoms with van der Waals surface area (Å²) in [6.45, 7) is 2.12. The zero-order valence-electron chi connectivity index (χ0n) is 14.2. The highest BCUT2D eigenvalue weighted by molar-refractivity contribution is 7.97. The van der Waals surface area contributed by atoms with Crippen molar-refractivity contribution in [2.75, 3.05) is 7.11 Å². The van der Waals surface area contributed by atoms with Gasteiger partial charge in [0.1, 0.15) is 5.75 Å². The molecule has 0 spiro atoms. The van der Waals surface area contributed by atoms with Crippen LogP contribution < -0.4 is 4.74 Å². The molecule has 0 aliphatic carbocycles. The highest BCUT2D eigenvalue weighted by Gasteiger charge is 2.22. The van der Waals surface area contributed by atoms with E-state index in [0.29, 0.717) is 5.56 Å².